The Morgan fingerprint density at radius 1 is 1.46 bits per heavy atom. The number of methoxy groups -OCH3 is 1. The first-order valence-corrected chi connectivity index (χ1v) is 8.44. The summed E-state index contributed by atoms with van der Waals surface area (Å²) < 4.78 is 10.9. The van der Waals surface area contributed by atoms with Crippen LogP contribution < -0.4 is 14.8 Å². The topological polar surface area (TPSA) is 77.0 Å². The van der Waals surface area contributed by atoms with Gasteiger partial charge in [-0.1, -0.05) is 18.5 Å². The standard InChI is InChI=1S/C16H17ClN2O4S/c1-4-5-23-14-11(17)6-10(7-12(14)22-3)8-13-15(21)19-16(24-13)18-9(2)20/h6-8H,4-5H2,1-3H3,(H,18,19,20,21)/b13-8-. The number of amidine groups is 1. The average Bonchev–Trinajstić information content (AvgIpc) is 2.84. The molecule has 0 radical (unpaired) electrons. The van der Waals surface area contributed by atoms with E-state index in [-0.39, 0.29) is 11.1 Å². The second-order valence-electron chi connectivity index (χ2n) is 4.90. The molecule has 1 aromatic rings. The van der Waals surface area contributed by atoms with Crippen molar-refractivity contribution in [1.82, 2.24) is 5.32 Å². The zero-order chi connectivity index (χ0) is 17.7. The third kappa shape index (κ3) is 4.52. The molecule has 1 N–H and O–H groups in total. The van der Waals surface area contributed by atoms with Gasteiger partial charge in [0.1, 0.15) is 0 Å². The summed E-state index contributed by atoms with van der Waals surface area (Å²) in [6.07, 6.45) is 2.49. The number of thioether (sulfide) groups is 1. The quantitative estimate of drug-likeness (QED) is 0.807. The molecule has 6 nitrogen and oxygen atoms in total. The van der Waals surface area contributed by atoms with Gasteiger partial charge in [0.05, 0.1) is 23.6 Å². The number of aliphatic imine (C=N–C) groups is 1. The lowest BCUT2D eigenvalue weighted by Gasteiger charge is -2.12. The van der Waals surface area contributed by atoms with Crippen LogP contribution in [0.4, 0.5) is 0 Å². The number of carbonyl (C=O) groups is 2. The zero-order valence-corrected chi connectivity index (χ0v) is 15.1. The van der Waals surface area contributed by atoms with Crippen LogP contribution in [0.25, 0.3) is 6.08 Å². The van der Waals surface area contributed by atoms with E-state index in [0.29, 0.717) is 33.6 Å². The number of benzene rings is 1. The van der Waals surface area contributed by atoms with Gasteiger partial charge in [-0.05, 0) is 42.0 Å². The Morgan fingerprint density at radius 3 is 2.83 bits per heavy atom. The van der Waals surface area contributed by atoms with E-state index in [0.717, 1.165) is 18.2 Å². The SMILES string of the molecule is CCCOc1c(Cl)cc(/C=C2\SC(NC(C)=O)=NC2=O)cc1OC. The molecule has 1 aliphatic heterocycles. The van der Waals surface area contributed by atoms with Gasteiger partial charge in [-0.3, -0.25) is 9.59 Å². The van der Waals surface area contributed by atoms with Crippen molar-refractivity contribution >= 4 is 46.4 Å². The molecule has 24 heavy (non-hydrogen) atoms. The first-order valence-electron chi connectivity index (χ1n) is 7.25. The predicted octanol–water partition coefficient (Wildman–Crippen LogP) is 3.24. The number of carbonyl (C=O) groups excluding carboxylic acids is 2. The molecule has 0 atom stereocenters. The van der Waals surface area contributed by atoms with Crippen LogP contribution in [0.1, 0.15) is 25.8 Å². The number of amides is 2. The van der Waals surface area contributed by atoms with Gasteiger partial charge in [0.15, 0.2) is 16.7 Å². The maximum Gasteiger partial charge on any atom is 0.286 e. The largest absolute Gasteiger partial charge is 0.493 e. The summed E-state index contributed by atoms with van der Waals surface area (Å²) in [5.74, 6) is 0.271. The molecule has 1 aromatic carbocycles. The third-order valence-electron chi connectivity index (χ3n) is 2.90. The van der Waals surface area contributed by atoms with Crippen molar-refractivity contribution in [1.29, 1.82) is 0 Å². The van der Waals surface area contributed by atoms with E-state index in [9.17, 15) is 9.59 Å². The van der Waals surface area contributed by atoms with E-state index < -0.39 is 5.91 Å². The van der Waals surface area contributed by atoms with Crippen molar-refractivity contribution in [3.05, 3.63) is 27.6 Å². The molecule has 0 aromatic heterocycles. The number of hydrogen-bond acceptors (Lipinski definition) is 5. The highest BCUT2D eigenvalue weighted by atomic mass is 35.5. The Hall–Kier alpha value is -1.99. The van der Waals surface area contributed by atoms with Gasteiger partial charge >= 0.3 is 0 Å². The summed E-state index contributed by atoms with van der Waals surface area (Å²) >= 11 is 7.35. The maximum atomic E-state index is 11.9. The van der Waals surface area contributed by atoms with Crippen molar-refractivity contribution < 1.29 is 19.1 Å². The van der Waals surface area contributed by atoms with Gasteiger partial charge in [-0.15, -0.1) is 0 Å². The molecule has 0 fully saturated rings. The second-order valence-corrected chi connectivity index (χ2v) is 6.33. The molecule has 128 valence electrons. The average molecular weight is 369 g/mol. The third-order valence-corrected chi connectivity index (χ3v) is 4.08. The monoisotopic (exact) mass is 368 g/mol. The van der Waals surface area contributed by atoms with Crippen molar-refractivity contribution in [2.45, 2.75) is 20.3 Å². The number of nitrogens with zero attached hydrogens (tertiary/aromatic N) is 1. The van der Waals surface area contributed by atoms with Crippen LogP contribution in [-0.4, -0.2) is 30.7 Å². The van der Waals surface area contributed by atoms with Crippen molar-refractivity contribution in [3.8, 4) is 11.5 Å². The van der Waals surface area contributed by atoms with E-state index in [1.165, 1.54) is 14.0 Å². The van der Waals surface area contributed by atoms with E-state index in [2.05, 4.69) is 10.3 Å². The van der Waals surface area contributed by atoms with Crippen molar-refractivity contribution in [3.63, 3.8) is 0 Å². The second kappa shape index (κ2) is 8.21. The smallest absolute Gasteiger partial charge is 0.286 e. The number of ether oxygens (including phenoxy) is 2. The molecule has 1 heterocycles. The number of hydrogen-bond donors (Lipinski definition) is 1. The molecule has 0 spiro atoms. The minimum atomic E-state index is -0.412. The Labute approximate surface area is 149 Å². The summed E-state index contributed by atoms with van der Waals surface area (Å²) in [5.41, 5.74) is 0.677. The maximum absolute atomic E-state index is 11.9. The fourth-order valence-electron chi connectivity index (χ4n) is 1.93. The molecular formula is C16H17ClN2O4S. The molecule has 2 rings (SSSR count). The number of nitrogens with one attached hydrogen (secondary N) is 1. The van der Waals surface area contributed by atoms with Crippen LogP contribution in [0.5, 0.6) is 11.5 Å². The Morgan fingerprint density at radius 2 is 2.21 bits per heavy atom. The van der Waals surface area contributed by atoms with Crippen LogP contribution in [0.3, 0.4) is 0 Å². The summed E-state index contributed by atoms with van der Waals surface area (Å²) in [6.45, 7) is 3.88. The van der Waals surface area contributed by atoms with E-state index in [1.54, 1.807) is 18.2 Å². The lowest BCUT2D eigenvalue weighted by Crippen LogP contribution is -2.23. The van der Waals surface area contributed by atoms with Crippen molar-refractivity contribution in [2.24, 2.45) is 4.99 Å². The number of rotatable bonds is 5. The molecule has 0 unspecified atom stereocenters. The number of halogens is 1. The summed E-state index contributed by atoms with van der Waals surface area (Å²) in [6, 6.07) is 3.42. The van der Waals surface area contributed by atoms with Gasteiger partial charge in [0.25, 0.3) is 5.91 Å². The van der Waals surface area contributed by atoms with E-state index in [1.807, 2.05) is 6.92 Å². The molecule has 1 aliphatic rings. The lowest BCUT2D eigenvalue weighted by molar-refractivity contribution is -0.117. The Bertz CT molecular complexity index is 731. The Kier molecular flexibility index (Phi) is 6.28. The molecular weight excluding hydrogens is 352 g/mol. The lowest BCUT2D eigenvalue weighted by atomic mass is 10.2. The van der Waals surface area contributed by atoms with Crippen LogP contribution in [0, 0.1) is 0 Å². The zero-order valence-electron chi connectivity index (χ0n) is 13.5. The van der Waals surface area contributed by atoms with Gasteiger partial charge in [-0.2, -0.15) is 4.99 Å². The molecule has 0 aliphatic carbocycles. The molecule has 2 amide bonds. The van der Waals surface area contributed by atoms with E-state index >= 15 is 0 Å². The van der Waals surface area contributed by atoms with Crippen LogP contribution in [0.2, 0.25) is 5.02 Å². The highest BCUT2D eigenvalue weighted by Crippen LogP contribution is 2.38. The first-order chi connectivity index (χ1) is 11.4. The molecule has 0 saturated heterocycles. The van der Waals surface area contributed by atoms with Gasteiger partial charge in [0, 0.05) is 6.92 Å². The minimum absolute atomic E-state index is 0.264. The highest BCUT2D eigenvalue weighted by Gasteiger charge is 2.23. The van der Waals surface area contributed by atoms with Crippen LogP contribution in [0.15, 0.2) is 22.0 Å². The fourth-order valence-corrected chi connectivity index (χ4v) is 3.07. The minimum Gasteiger partial charge on any atom is -0.493 e. The first kappa shape index (κ1) is 18.4. The fraction of sp³-hybridized carbons (Fsp3) is 0.312. The van der Waals surface area contributed by atoms with Crippen LogP contribution >= 0.6 is 23.4 Å². The molecule has 0 saturated carbocycles. The highest BCUT2D eigenvalue weighted by molar-refractivity contribution is 8.18. The van der Waals surface area contributed by atoms with Gasteiger partial charge < -0.3 is 14.8 Å². The predicted molar refractivity (Wildman–Crippen MR) is 95.6 cm³/mol. The van der Waals surface area contributed by atoms with Gasteiger partial charge in [0.2, 0.25) is 5.91 Å². The normalized spacial score (nSPS) is 15.4. The molecule has 8 heteroatoms. The summed E-state index contributed by atoms with van der Waals surface area (Å²) in [4.78, 5) is 27.1. The van der Waals surface area contributed by atoms with Gasteiger partial charge in [-0.25, -0.2) is 0 Å². The van der Waals surface area contributed by atoms with Crippen LogP contribution in [-0.2, 0) is 9.59 Å². The summed E-state index contributed by atoms with van der Waals surface area (Å²) in [7, 11) is 1.52. The van der Waals surface area contributed by atoms with Crippen molar-refractivity contribution in [2.75, 3.05) is 13.7 Å². The van der Waals surface area contributed by atoms with E-state index in [4.69, 9.17) is 21.1 Å². The molecule has 0 bridgehead atoms. The Balaban J connectivity index is 2.26. The summed E-state index contributed by atoms with van der Waals surface area (Å²) in [5, 5.41) is 3.16.